The molecule has 0 amide bonds. The first-order valence-corrected chi connectivity index (χ1v) is 6.84. The number of Topliss-reactive ketones (excluding diaryl/α,β-unsaturated/α-hetero) is 1. The number of aryl methyl sites for hydroxylation is 1. The molecule has 0 aliphatic heterocycles. The number of aromatic hydroxyl groups is 1. The highest BCUT2D eigenvalue weighted by Crippen LogP contribution is 2.32. The Morgan fingerprint density at radius 3 is 2.84 bits per heavy atom. The van der Waals surface area contributed by atoms with Crippen LogP contribution in [0.25, 0.3) is 0 Å². The molecule has 0 saturated carbocycles. The van der Waals surface area contributed by atoms with Gasteiger partial charge < -0.3 is 9.67 Å². The van der Waals surface area contributed by atoms with E-state index in [-0.39, 0.29) is 17.1 Å². The average Bonchev–Trinajstić information content (AvgIpc) is 2.75. The smallest absolute Gasteiger partial charge is 0.191 e. The molecule has 0 unspecified atom stereocenters. The summed E-state index contributed by atoms with van der Waals surface area (Å²) in [5, 5.41) is 18.9. The topological polar surface area (TPSA) is 68.0 Å². The third kappa shape index (κ3) is 3.08. The molecule has 5 nitrogen and oxygen atoms in total. The fraction of sp³-hybridized carbons (Fsp3) is 0.250. The molecule has 0 aliphatic rings. The van der Waals surface area contributed by atoms with Gasteiger partial charge in [-0.2, -0.15) is 0 Å². The average molecular weight is 298 g/mol. The molecule has 19 heavy (non-hydrogen) atoms. The summed E-state index contributed by atoms with van der Waals surface area (Å²) in [6.45, 7) is 1.39. The number of thioether (sulfide) groups is 1. The zero-order valence-corrected chi connectivity index (χ0v) is 12.0. The lowest BCUT2D eigenvalue weighted by Crippen LogP contribution is -1.97. The monoisotopic (exact) mass is 297 g/mol. The first-order valence-electron chi connectivity index (χ1n) is 5.48. The second-order valence-corrected chi connectivity index (χ2v) is 5.41. The summed E-state index contributed by atoms with van der Waals surface area (Å²) in [6.07, 6.45) is 1.60. The number of hydrogen-bond donors (Lipinski definition) is 1. The van der Waals surface area contributed by atoms with Crippen LogP contribution in [0, 0.1) is 0 Å². The van der Waals surface area contributed by atoms with Crippen LogP contribution in [0.4, 0.5) is 0 Å². The summed E-state index contributed by atoms with van der Waals surface area (Å²) >= 11 is 7.36. The van der Waals surface area contributed by atoms with Crippen molar-refractivity contribution < 1.29 is 9.90 Å². The van der Waals surface area contributed by atoms with E-state index in [0.29, 0.717) is 16.3 Å². The largest absolute Gasteiger partial charge is 0.507 e. The van der Waals surface area contributed by atoms with E-state index in [2.05, 4.69) is 10.2 Å². The summed E-state index contributed by atoms with van der Waals surface area (Å²) in [7, 11) is 1.83. The maximum atomic E-state index is 11.4. The van der Waals surface area contributed by atoms with Gasteiger partial charge in [-0.1, -0.05) is 23.4 Å². The first-order chi connectivity index (χ1) is 8.99. The molecule has 7 heteroatoms. The van der Waals surface area contributed by atoms with Crippen molar-refractivity contribution in [2.24, 2.45) is 7.05 Å². The van der Waals surface area contributed by atoms with Gasteiger partial charge in [0.25, 0.3) is 0 Å². The van der Waals surface area contributed by atoms with Crippen LogP contribution in [-0.2, 0) is 12.8 Å². The fourth-order valence-corrected chi connectivity index (χ4v) is 2.68. The highest BCUT2D eigenvalue weighted by atomic mass is 35.5. The minimum Gasteiger partial charge on any atom is -0.507 e. The molecule has 0 radical (unpaired) electrons. The minimum absolute atomic E-state index is 0.0217. The molecule has 100 valence electrons. The van der Waals surface area contributed by atoms with E-state index in [0.717, 1.165) is 5.16 Å². The minimum atomic E-state index is -0.218. The molecule has 1 N–H and O–H groups in total. The van der Waals surface area contributed by atoms with Crippen LogP contribution in [0.15, 0.2) is 23.6 Å². The van der Waals surface area contributed by atoms with Crippen molar-refractivity contribution in [1.29, 1.82) is 0 Å². The van der Waals surface area contributed by atoms with Gasteiger partial charge in [0.2, 0.25) is 0 Å². The van der Waals surface area contributed by atoms with Crippen LogP contribution >= 0.6 is 23.4 Å². The molecule has 0 fully saturated rings. The number of ketones is 1. The summed E-state index contributed by atoms with van der Waals surface area (Å²) in [4.78, 5) is 11.4. The Bertz CT molecular complexity index is 627. The predicted octanol–water partition coefficient (Wildman–Crippen LogP) is 2.67. The number of rotatable bonds is 4. The van der Waals surface area contributed by atoms with E-state index in [9.17, 15) is 9.90 Å². The third-order valence-corrected chi connectivity index (χ3v) is 3.86. The van der Waals surface area contributed by atoms with E-state index in [1.807, 2.05) is 7.05 Å². The Kier molecular flexibility index (Phi) is 4.11. The number of carbonyl (C=O) groups excluding carboxylic acids is 1. The Labute approximate surface area is 119 Å². The molecule has 0 atom stereocenters. The van der Waals surface area contributed by atoms with E-state index < -0.39 is 0 Å². The maximum absolute atomic E-state index is 11.4. The molecule has 0 bridgehead atoms. The molecule has 0 saturated heterocycles. The van der Waals surface area contributed by atoms with Crippen LogP contribution in [0.5, 0.6) is 5.75 Å². The van der Waals surface area contributed by atoms with Crippen molar-refractivity contribution in [2.45, 2.75) is 17.8 Å². The van der Waals surface area contributed by atoms with Gasteiger partial charge in [0.15, 0.2) is 10.9 Å². The quantitative estimate of drug-likeness (QED) is 0.694. The highest BCUT2D eigenvalue weighted by Gasteiger charge is 2.14. The fourth-order valence-electron chi connectivity index (χ4n) is 1.58. The lowest BCUT2D eigenvalue weighted by atomic mass is 10.1. The van der Waals surface area contributed by atoms with Crippen molar-refractivity contribution >= 4 is 29.1 Å². The van der Waals surface area contributed by atoms with Crippen molar-refractivity contribution in [3.05, 3.63) is 34.6 Å². The van der Waals surface area contributed by atoms with Crippen molar-refractivity contribution in [1.82, 2.24) is 14.8 Å². The lowest BCUT2D eigenvalue weighted by molar-refractivity contribution is 0.101. The molecule has 0 aliphatic carbocycles. The summed E-state index contributed by atoms with van der Waals surface area (Å²) in [6, 6.07) is 3.11. The predicted molar refractivity (Wildman–Crippen MR) is 73.7 cm³/mol. The summed E-state index contributed by atoms with van der Waals surface area (Å²) in [5.41, 5.74) is 0.840. The standard InChI is InChI=1S/C12H12ClN3O2S/c1-7(17)10-4-9(13)3-8(11(10)18)5-19-12-15-14-6-16(12)2/h3-4,6,18H,5H2,1-2H3. The molecule has 2 aromatic rings. The summed E-state index contributed by atoms with van der Waals surface area (Å²) in [5.74, 6) is 0.218. The van der Waals surface area contributed by atoms with E-state index in [1.165, 1.54) is 24.8 Å². The summed E-state index contributed by atoms with van der Waals surface area (Å²) < 4.78 is 1.78. The molecule has 1 aromatic heterocycles. The molecule has 1 heterocycles. The lowest BCUT2D eigenvalue weighted by Gasteiger charge is -2.08. The van der Waals surface area contributed by atoms with Gasteiger partial charge in [0.1, 0.15) is 12.1 Å². The maximum Gasteiger partial charge on any atom is 0.191 e. The van der Waals surface area contributed by atoms with E-state index >= 15 is 0 Å². The number of phenols is 1. The van der Waals surface area contributed by atoms with Gasteiger partial charge in [-0.3, -0.25) is 4.79 Å². The van der Waals surface area contributed by atoms with Crippen LogP contribution in [-0.4, -0.2) is 25.7 Å². The van der Waals surface area contributed by atoms with Crippen LogP contribution in [0.2, 0.25) is 5.02 Å². The van der Waals surface area contributed by atoms with Gasteiger partial charge in [-0.15, -0.1) is 10.2 Å². The Balaban J connectivity index is 2.25. The van der Waals surface area contributed by atoms with Crippen molar-refractivity contribution in [2.75, 3.05) is 0 Å². The van der Waals surface area contributed by atoms with Gasteiger partial charge in [0, 0.05) is 23.4 Å². The second-order valence-electron chi connectivity index (χ2n) is 4.03. The number of phenolic OH excluding ortho intramolecular Hbond substituents is 1. The first kappa shape index (κ1) is 13.9. The Hall–Kier alpha value is -1.53. The van der Waals surface area contributed by atoms with Gasteiger partial charge in [-0.05, 0) is 19.1 Å². The molecule has 2 rings (SSSR count). The number of aromatic nitrogens is 3. The number of hydrogen-bond acceptors (Lipinski definition) is 5. The van der Waals surface area contributed by atoms with Crippen LogP contribution in [0.3, 0.4) is 0 Å². The van der Waals surface area contributed by atoms with E-state index in [1.54, 1.807) is 17.0 Å². The number of carbonyl (C=O) groups is 1. The molecular formula is C12H12ClN3O2S. The van der Waals surface area contributed by atoms with Gasteiger partial charge >= 0.3 is 0 Å². The van der Waals surface area contributed by atoms with Crippen molar-refractivity contribution in [3.8, 4) is 5.75 Å². The van der Waals surface area contributed by atoms with Gasteiger partial charge in [0.05, 0.1) is 5.56 Å². The highest BCUT2D eigenvalue weighted by molar-refractivity contribution is 7.98. The van der Waals surface area contributed by atoms with Crippen molar-refractivity contribution in [3.63, 3.8) is 0 Å². The molecular weight excluding hydrogens is 286 g/mol. The Morgan fingerprint density at radius 1 is 1.53 bits per heavy atom. The zero-order chi connectivity index (χ0) is 14.0. The number of nitrogens with zero attached hydrogens (tertiary/aromatic N) is 3. The second kappa shape index (κ2) is 5.63. The molecule has 1 aromatic carbocycles. The Morgan fingerprint density at radius 2 is 2.26 bits per heavy atom. The van der Waals surface area contributed by atoms with E-state index in [4.69, 9.17) is 11.6 Å². The van der Waals surface area contributed by atoms with Gasteiger partial charge in [-0.25, -0.2) is 0 Å². The van der Waals surface area contributed by atoms with Crippen LogP contribution < -0.4 is 0 Å². The number of benzene rings is 1. The SMILES string of the molecule is CC(=O)c1cc(Cl)cc(CSc2nncn2C)c1O. The zero-order valence-electron chi connectivity index (χ0n) is 10.4. The third-order valence-electron chi connectivity index (χ3n) is 2.56. The normalized spacial score (nSPS) is 10.7. The number of halogens is 1. The molecule has 0 spiro atoms. The van der Waals surface area contributed by atoms with Crippen LogP contribution in [0.1, 0.15) is 22.8 Å².